The van der Waals surface area contributed by atoms with Crippen molar-refractivity contribution in [1.82, 2.24) is 4.40 Å². The Morgan fingerprint density at radius 3 is 2.29 bits per heavy atom. The summed E-state index contributed by atoms with van der Waals surface area (Å²) in [5.41, 5.74) is 4.64. The van der Waals surface area contributed by atoms with Gasteiger partial charge in [-0.25, -0.2) is 0 Å². The number of halogens is 2. The van der Waals surface area contributed by atoms with Crippen LogP contribution in [0.15, 0.2) is 66.9 Å². The zero-order chi connectivity index (χ0) is 14.4. The van der Waals surface area contributed by atoms with Gasteiger partial charge in [-0.2, -0.15) is 0 Å². The molecule has 102 valence electrons. The van der Waals surface area contributed by atoms with Crippen molar-refractivity contribution in [2.45, 2.75) is 0 Å². The molecular weight excluding hydrogens is 301 g/mol. The first-order valence-corrected chi connectivity index (χ1v) is 7.44. The Hall–Kier alpha value is -1.96. The van der Waals surface area contributed by atoms with Gasteiger partial charge in [-0.05, 0) is 42.0 Å². The second kappa shape index (κ2) is 4.80. The molecule has 0 saturated heterocycles. The van der Waals surface area contributed by atoms with Gasteiger partial charge in [-0.15, -0.1) is 0 Å². The molecule has 4 aromatic rings. The minimum Gasteiger partial charge on any atom is -0.316 e. The first-order valence-electron chi connectivity index (χ1n) is 6.68. The van der Waals surface area contributed by atoms with Crippen LogP contribution in [0.4, 0.5) is 0 Å². The Morgan fingerprint density at radius 1 is 0.714 bits per heavy atom. The standard InChI is InChI=1S/C18H11Cl2N/c19-13-6-4-12(5-7-13)18-15-9-8-14(20)11-17(15)21-10-2-1-3-16(18)21/h1-11H. The smallest absolute Gasteiger partial charge is 0.0549 e. The predicted octanol–water partition coefficient (Wildman–Crippen LogP) is 6.07. The largest absolute Gasteiger partial charge is 0.316 e. The fourth-order valence-corrected chi connectivity index (χ4v) is 3.12. The van der Waals surface area contributed by atoms with E-state index in [0.29, 0.717) is 0 Å². The van der Waals surface area contributed by atoms with Crippen LogP contribution in [0.5, 0.6) is 0 Å². The van der Waals surface area contributed by atoms with Crippen LogP contribution < -0.4 is 0 Å². The summed E-state index contributed by atoms with van der Waals surface area (Å²) in [5, 5.41) is 2.68. The summed E-state index contributed by atoms with van der Waals surface area (Å²) in [5.74, 6) is 0. The number of aromatic nitrogens is 1. The Labute approximate surface area is 132 Å². The molecule has 0 radical (unpaired) electrons. The van der Waals surface area contributed by atoms with Crippen molar-refractivity contribution in [2.24, 2.45) is 0 Å². The summed E-state index contributed by atoms with van der Waals surface area (Å²) in [6.45, 7) is 0. The van der Waals surface area contributed by atoms with Crippen molar-refractivity contribution < 1.29 is 0 Å². The molecule has 0 fully saturated rings. The van der Waals surface area contributed by atoms with E-state index >= 15 is 0 Å². The summed E-state index contributed by atoms with van der Waals surface area (Å²) in [6, 6.07) is 20.2. The van der Waals surface area contributed by atoms with E-state index in [4.69, 9.17) is 23.2 Å². The first kappa shape index (κ1) is 12.8. The first-order chi connectivity index (χ1) is 10.2. The van der Waals surface area contributed by atoms with Crippen molar-refractivity contribution in [1.29, 1.82) is 0 Å². The van der Waals surface area contributed by atoms with Gasteiger partial charge in [0.2, 0.25) is 0 Å². The van der Waals surface area contributed by atoms with E-state index in [1.54, 1.807) is 0 Å². The molecule has 21 heavy (non-hydrogen) atoms. The van der Waals surface area contributed by atoms with Crippen molar-refractivity contribution in [3.05, 3.63) is 76.9 Å². The number of benzene rings is 2. The van der Waals surface area contributed by atoms with Gasteiger partial charge in [-0.3, -0.25) is 0 Å². The molecule has 0 atom stereocenters. The lowest BCUT2D eigenvalue weighted by molar-refractivity contribution is 1.25. The molecule has 0 bridgehead atoms. The number of hydrogen-bond donors (Lipinski definition) is 0. The van der Waals surface area contributed by atoms with Gasteiger partial charge in [0.1, 0.15) is 0 Å². The second-order valence-corrected chi connectivity index (χ2v) is 5.87. The molecule has 4 rings (SSSR count). The van der Waals surface area contributed by atoms with Crippen LogP contribution in [0.3, 0.4) is 0 Å². The van der Waals surface area contributed by atoms with Gasteiger partial charge < -0.3 is 4.40 Å². The Kier molecular flexibility index (Phi) is 2.91. The summed E-state index contributed by atoms with van der Waals surface area (Å²) in [6.07, 6.45) is 2.06. The number of hydrogen-bond acceptors (Lipinski definition) is 0. The predicted molar refractivity (Wildman–Crippen MR) is 90.4 cm³/mol. The van der Waals surface area contributed by atoms with Gasteiger partial charge in [0, 0.05) is 27.2 Å². The molecule has 2 aromatic heterocycles. The normalized spacial score (nSPS) is 11.3. The lowest BCUT2D eigenvalue weighted by atomic mass is 10.0. The van der Waals surface area contributed by atoms with Gasteiger partial charge in [-0.1, -0.05) is 47.5 Å². The molecule has 0 spiro atoms. The van der Waals surface area contributed by atoms with Gasteiger partial charge in [0.05, 0.1) is 11.0 Å². The van der Waals surface area contributed by atoms with Gasteiger partial charge in [0.15, 0.2) is 0 Å². The zero-order valence-electron chi connectivity index (χ0n) is 11.1. The molecule has 0 aliphatic heterocycles. The third kappa shape index (κ3) is 2.01. The SMILES string of the molecule is Clc1ccc(-c2c3ccc(Cl)cc3n3ccccc23)cc1. The Balaban J connectivity index is 2.17. The van der Waals surface area contributed by atoms with Gasteiger partial charge >= 0.3 is 0 Å². The van der Waals surface area contributed by atoms with E-state index in [1.807, 2.05) is 30.3 Å². The molecular formula is C18H11Cl2N. The van der Waals surface area contributed by atoms with E-state index in [9.17, 15) is 0 Å². The van der Waals surface area contributed by atoms with E-state index < -0.39 is 0 Å². The summed E-state index contributed by atoms with van der Waals surface area (Å²) in [7, 11) is 0. The maximum atomic E-state index is 6.16. The quantitative estimate of drug-likeness (QED) is 0.402. The van der Waals surface area contributed by atoms with Crippen LogP contribution in [0.25, 0.3) is 27.5 Å². The maximum absolute atomic E-state index is 6.16. The Morgan fingerprint density at radius 2 is 1.48 bits per heavy atom. The minimum atomic E-state index is 0.744. The highest BCUT2D eigenvalue weighted by atomic mass is 35.5. The molecule has 0 aliphatic rings. The average molecular weight is 312 g/mol. The van der Waals surface area contributed by atoms with Gasteiger partial charge in [0.25, 0.3) is 0 Å². The molecule has 0 amide bonds. The molecule has 3 heteroatoms. The molecule has 2 heterocycles. The topological polar surface area (TPSA) is 4.41 Å². The second-order valence-electron chi connectivity index (χ2n) is 5.00. The van der Waals surface area contributed by atoms with E-state index in [-0.39, 0.29) is 0 Å². The molecule has 0 unspecified atom stereocenters. The van der Waals surface area contributed by atoms with E-state index in [2.05, 4.69) is 40.9 Å². The zero-order valence-corrected chi connectivity index (χ0v) is 12.6. The molecule has 0 aliphatic carbocycles. The summed E-state index contributed by atoms with van der Waals surface area (Å²) >= 11 is 12.2. The van der Waals surface area contributed by atoms with Crippen molar-refractivity contribution >= 4 is 39.6 Å². The molecule has 1 nitrogen and oxygen atoms in total. The van der Waals surface area contributed by atoms with E-state index in [1.165, 1.54) is 10.9 Å². The fraction of sp³-hybridized carbons (Fsp3) is 0. The summed E-state index contributed by atoms with van der Waals surface area (Å²) in [4.78, 5) is 0. The summed E-state index contributed by atoms with van der Waals surface area (Å²) < 4.78 is 2.17. The minimum absolute atomic E-state index is 0.744. The van der Waals surface area contributed by atoms with Crippen LogP contribution >= 0.6 is 23.2 Å². The van der Waals surface area contributed by atoms with Crippen LogP contribution in [0.1, 0.15) is 0 Å². The van der Waals surface area contributed by atoms with Crippen LogP contribution in [0.2, 0.25) is 10.0 Å². The fourth-order valence-electron chi connectivity index (χ4n) is 2.83. The molecule has 0 N–H and O–H groups in total. The molecule has 2 aromatic carbocycles. The highest BCUT2D eigenvalue weighted by molar-refractivity contribution is 6.31. The number of rotatable bonds is 1. The number of fused-ring (bicyclic) bond motifs is 3. The number of nitrogens with zero attached hydrogens (tertiary/aromatic N) is 1. The van der Waals surface area contributed by atoms with Crippen molar-refractivity contribution in [3.63, 3.8) is 0 Å². The number of pyridine rings is 1. The lowest BCUT2D eigenvalue weighted by Gasteiger charge is -2.02. The Bertz CT molecular complexity index is 952. The maximum Gasteiger partial charge on any atom is 0.0549 e. The van der Waals surface area contributed by atoms with Crippen LogP contribution in [-0.4, -0.2) is 4.40 Å². The van der Waals surface area contributed by atoms with E-state index in [0.717, 1.165) is 26.6 Å². The average Bonchev–Trinajstić information content (AvgIpc) is 2.82. The van der Waals surface area contributed by atoms with Crippen molar-refractivity contribution in [2.75, 3.05) is 0 Å². The van der Waals surface area contributed by atoms with Crippen LogP contribution in [0, 0.1) is 0 Å². The third-order valence-electron chi connectivity index (χ3n) is 3.74. The third-order valence-corrected chi connectivity index (χ3v) is 4.22. The monoisotopic (exact) mass is 311 g/mol. The highest BCUT2D eigenvalue weighted by Crippen LogP contribution is 2.36. The van der Waals surface area contributed by atoms with Crippen LogP contribution in [-0.2, 0) is 0 Å². The highest BCUT2D eigenvalue weighted by Gasteiger charge is 2.13. The van der Waals surface area contributed by atoms with Crippen molar-refractivity contribution in [3.8, 4) is 11.1 Å². The molecule has 0 saturated carbocycles. The lowest BCUT2D eigenvalue weighted by Crippen LogP contribution is -1.82.